The van der Waals surface area contributed by atoms with Crippen molar-refractivity contribution in [2.45, 2.75) is 0 Å². The molecular weight excluding hydrogens is 504 g/mol. The van der Waals surface area contributed by atoms with E-state index in [-0.39, 0.29) is 0 Å². The van der Waals surface area contributed by atoms with Crippen LogP contribution in [0.1, 0.15) is 0 Å². The van der Waals surface area contributed by atoms with E-state index in [1.807, 2.05) is 0 Å². The van der Waals surface area contributed by atoms with Gasteiger partial charge in [-0.2, -0.15) is 0 Å². The molecule has 0 fully saturated rings. The quantitative estimate of drug-likeness (QED) is 0.137. The minimum atomic E-state index is 1.34. The molecule has 0 atom stereocenters. The highest BCUT2D eigenvalue weighted by molar-refractivity contribution is 6.58. The molecule has 0 aliphatic heterocycles. The third-order valence-electron chi connectivity index (χ3n) is 10.6. The Morgan fingerprint density at radius 2 is 0.333 bits per heavy atom. The van der Waals surface area contributed by atoms with E-state index < -0.39 is 0 Å². The van der Waals surface area contributed by atoms with Gasteiger partial charge in [0, 0.05) is 0 Å². The Morgan fingerprint density at radius 1 is 0.143 bits per heavy atom. The average molecular weight is 525 g/mol. The molecule has 0 nitrogen and oxygen atoms in total. The lowest BCUT2D eigenvalue weighted by Crippen LogP contribution is -1.98. The molecule has 0 heteroatoms. The van der Waals surface area contributed by atoms with Crippen molar-refractivity contribution in [3.8, 4) is 0 Å². The second kappa shape index (κ2) is 6.54. The van der Waals surface area contributed by atoms with Gasteiger partial charge in [-0.1, -0.05) is 121 Å². The minimum absolute atomic E-state index is 1.34. The van der Waals surface area contributed by atoms with E-state index in [2.05, 4.69) is 121 Å². The molecule has 0 spiro atoms. The number of hydrogen-bond acceptors (Lipinski definition) is 0. The highest BCUT2D eigenvalue weighted by Crippen LogP contribution is 2.57. The van der Waals surface area contributed by atoms with Gasteiger partial charge in [-0.3, -0.25) is 0 Å². The van der Waals surface area contributed by atoms with E-state index in [0.29, 0.717) is 0 Å². The smallest absolute Gasteiger partial charge is 0.0000480 e. The monoisotopic (exact) mass is 524 g/mol. The maximum absolute atomic E-state index is 2.36. The number of benzene rings is 12. The van der Waals surface area contributed by atoms with Gasteiger partial charge in [0.2, 0.25) is 0 Å². The molecular formula is C42H20. The van der Waals surface area contributed by atoms with Gasteiger partial charge in [-0.15, -0.1) is 0 Å². The molecule has 12 rings (SSSR count). The number of fused-ring (bicyclic) bond motifs is 10. The van der Waals surface area contributed by atoms with Crippen LogP contribution >= 0.6 is 0 Å². The van der Waals surface area contributed by atoms with Gasteiger partial charge in [-0.05, 0) is 118 Å². The van der Waals surface area contributed by atoms with Gasteiger partial charge in [0.25, 0.3) is 0 Å². The van der Waals surface area contributed by atoms with Gasteiger partial charge in [0.1, 0.15) is 0 Å². The Labute approximate surface area is 239 Å². The summed E-state index contributed by atoms with van der Waals surface area (Å²) >= 11 is 0. The maximum Gasteiger partial charge on any atom is -0.0000480 e. The molecule has 42 heavy (non-hydrogen) atoms. The van der Waals surface area contributed by atoms with Gasteiger partial charge in [-0.25, -0.2) is 0 Å². The second-order valence-electron chi connectivity index (χ2n) is 12.3. The van der Waals surface area contributed by atoms with Crippen LogP contribution in [0.25, 0.3) is 118 Å². The summed E-state index contributed by atoms with van der Waals surface area (Å²) in [4.78, 5) is 0. The summed E-state index contributed by atoms with van der Waals surface area (Å²) < 4.78 is 0. The van der Waals surface area contributed by atoms with Gasteiger partial charge >= 0.3 is 0 Å². The van der Waals surface area contributed by atoms with E-state index in [1.165, 1.54) is 118 Å². The normalized spacial score (nSPS) is 13.2. The molecule has 12 aromatic rings. The third-order valence-corrected chi connectivity index (χ3v) is 10.6. The Balaban J connectivity index is 1.68. The Kier molecular flexibility index (Phi) is 3.18. The fraction of sp³-hybridized carbons (Fsp3) is 0. The lowest BCUT2D eigenvalue weighted by molar-refractivity contribution is 1.80. The fourth-order valence-corrected chi connectivity index (χ4v) is 9.24. The summed E-state index contributed by atoms with van der Waals surface area (Å²) in [5.41, 5.74) is 0. The molecule has 0 unspecified atom stereocenters. The van der Waals surface area contributed by atoms with E-state index in [1.54, 1.807) is 0 Å². The highest BCUT2D eigenvalue weighted by atomic mass is 14.3. The molecule has 0 N–H and O–H groups in total. The topological polar surface area (TPSA) is 0 Å². The first kappa shape index (κ1) is 20.4. The van der Waals surface area contributed by atoms with Crippen LogP contribution in [0.15, 0.2) is 121 Å². The van der Waals surface area contributed by atoms with Crippen LogP contribution in [-0.4, -0.2) is 0 Å². The van der Waals surface area contributed by atoms with Crippen molar-refractivity contribution in [1.82, 2.24) is 0 Å². The van der Waals surface area contributed by atoms with Crippen LogP contribution in [-0.2, 0) is 0 Å². The largest absolute Gasteiger partial charge is 0.0616 e. The van der Waals surface area contributed by atoms with Crippen molar-refractivity contribution < 1.29 is 0 Å². The zero-order valence-corrected chi connectivity index (χ0v) is 22.5. The summed E-state index contributed by atoms with van der Waals surface area (Å²) in [6, 6.07) is 46.1. The van der Waals surface area contributed by atoms with Crippen molar-refractivity contribution in [2.24, 2.45) is 0 Å². The first-order chi connectivity index (χ1) is 20.9. The van der Waals surface area contributed by atoms with Crippen LogP contribution in [0.2, 0.25) is 0 Å². The summed E-state index contributed by atoms with van der Waals surface area (Å²) in [6.45, 7) is 0. The standard InChI is InChI=1S/C42H20/c1-3-11-25-21(9-1)23-13-5-15-27-29-17-7-19-31-32-20-8-18-30-28-16-6-14-24-22-10-2-4-12-26(22)38-37(25)39(33(23)27)41(35(29)31)42(36(30)32)40(38)34(24)28/h1-20H. The third kappa shape index (κ3) is 1.97. The average Bonchev–Trinajstić information content (AvgIpc) is 3.06. The molecule has 0 aliphatic rings. The van der Waals surface area contributed by atoms with E-state index in [9.17, 15) is 0 Å². The van der Waals surface area contributed by atoms with E-state index in [0.717, 1.165) is 0 Å². The minimum Gasteiger partial charge on any atom is -0.0616 e. The molecule has 0 aromatic heterocycles. The molecule has 0 bridgehead atoms. The zero-order chi connectivity index (χ0) is 26.8. The molecule has 0 radical (unpaired) electrons. The molecule has 188 valence electrons. The SMILES string of the molecule is c1ccc2c(c1)c1cccc3c4cccc5c6cccc7c8cccc9c%10ccccc%10c%10c2c(c13)c(c45)c(c76)c%10c98. The van der Waals surface area contributed by atoms with E-state index >= 15 is 0 Å². The molecule has 0 heterocycles. The van der Waals surface area contributed by atoms with E-state index in [4.69, 9.17) is 0 Å². The predicted molar refractivity (Wildman–Crippen MR) is 184 cm³/mol. The fourth-order valence-electron chi connectivity index (χ4n) is 9.24. The first-order valence-corrected chi connectivity index (χ1v) is 14.9. The lowest BCUT2D eigenvalue weighted by Gasteiger charge is -2.27. The van der Waals surface area contributed by atoms with Crippen LogP contribution in [0.5, 0.6) is 0 Å². The van der Waals surface area contributed by atoms with Crippen molar-refractivity contribution in [3.63, 3.8) is 0 Å². The highest BCUT2D eigenvalue weighted by Gasteiger charge is 2.28. The summed E-state index contributed by atoms with van der Waals surface area (Å²) in [5, 5.41) is 30.5. The predicted octanol–water partition coefficient (Wildman–Crippen LogP) is 12.1. The van der Waals surface area contributed by atoms with Crippen LogP contribution in [0.3, 0.4) is 0 Å². The lowest BCUT2D eigenvalue weighted by atomic mass is 9.75. The van der Waals surface area contributed by atoms with Crippen LogP contribution in [0, 0.1) is 0 Å². The second-order valence-corrected chi connectivity index (χ2v) is 12.3. The van der Waals surface area contributed by atoms with Crippen LogP contribution < -0.4 is 0 Å². The summed E-state index contributed by atoms with van der Waals surface area (Å²) in [6.07, 6.45) is 0. The molecule has 0 saturated heterocycles. The Bertz CT molecular complexity index is 2710. The van der Waals surface area contributed by atoms with Crippen LogP contribution in [0.4, 0.5) is 0 Å². The molecule has 0 saturated carbocycles. The van der Waals surface area contributed by atoms with Gasteiger partial charge in [0.05, 0.1) is 0 Å². The zero-order valence-electron chi connectivity index (χ0n) is 22.5. The molecule has 12 aromatic carbocycles. The van der Waals surface area contributed by atoms with Gasteiger partial charge in [0.15, 0.2) is 0 Å². The van der Waals surface area contributed by atoms with Crippen molar-refractivity contribution in [1.29, 1.82) is 0 Å². The summed E-state index contributed by atoms with van der Waals surface area (Å²) in [5.74, 6) is 0. The van der Waals surface area contributed by atoms with Gasteiger partial charge < -0.3 is 0 Å². The first-order valence-electron chi connectivity index (χ1n) is 14.9. The molecule has 0 amide bonds. The van der Waals surface area contributed by atoms with Crippen molar-refractivity contribution >= 4 is 118 Å². The van der Waals surface area contributed by atoms with Crippen molar-refractivity contribution in [3.05, 3.63) is 121 Å². The molecule has 0 aliphatic carbocycles. The number of hydrogen-bond donors (Lipinski definition) is 0. The Hall–Kier alpha value is -5.46. The van der Waals surface area contributed by atoms with Crippen molar-refractivity contribution in [2.75, 3.05) is 0 Å². The Morgan fingerprint density at radius 3 is 0.643 bits per heavy atom. The maximum atomic E-state index is 2.36. The number of rotatable bonds is 0. The summed E-state index contributed by atoms with van der Waals surface area (Å²) in [7, 11) is 0.